The summed E-state index contributed by atoms with van der Waals surface area (Å²) >= 11 is 0. The quantitative estimate of drug-likeness (QED) is 0.757. The highest BCUT2D eigenvalue weighted by atomic mass is 16.5. The second-order valence-corrected chi connectivity index (χ2v) is 5.35. The summed E-state index contributed by atoms with van der Waals surface area (Å²) in [6.07, 6.45) is 7.42. The molecule has 0 amide bonds. The van der Waals surface area contributed by atoms with Crippen molar-refractivity contribution in [2.45, 2.75) is 39.3 Å². The van der Waals surface area contributed by atoms with Crippen LogP contribution in [0.5, 0.6) is 5.88 Å². The van der Waals surface area contributed by atoms with Crippen molar-refractivity contribution in [2.75, 3.05) is 6.61 Å². The number of hydrogen-bond acceptors (Lipinski definition) is 4. The van der Waals surface area contributed by atoms with Crippen LogP contribution in [0, 0.1) is 0 Å². The normalized spacial score (nSPS) is 10.8. The molecule has 4 nitrogen and oxygen atoms in total. The minimum Gasteiger partial charge on any atom is -0.478 e. The van der Waals surface area contributed by atoms with Crippen LogP contribution in [0.1, 0.15) is 31.4 Å². The Morgan fingerprint density at radius 2 is 1.86 bits per heavy atom. The van der Waals surface area contributed by atoms with Gasteiger partial charge in [-0.25, -0.2) is 4.98 Å². The van der Waals surface area contributed by atoms with Crippen LogP contribution in [0.2, 0.25) is 0 Å². The molecule has 0 unspecified atom stereocenters. The highest BCUT2D eigenvalue weighted by Gasteiger charge is 2.00. The predicted molar refractivity (Wildman–Crippen MR) is 84.3 cm³/mol. The predicted octanol–water partition coefficient (Wildman–Crippen LogP) is 2.99. The third kappa shape index (κ3) is 5.92. The lowest BCUT2D eigenvalue weighted by molar-refractivity contribution is 0.299. The van der Waals surface area contributed by atoms with Crippen LogP contribution >= 0.6 is 0 Å². The number of nitrogens with zero attached hydrogens (tertiary/aromatic N) is 2. The highest BCUT2D eigenvalue weighted by Crippen LogP contribution is 2.10. The smallest absolute Gasteiger partial charge is 0.213 e. The molecule has 0 spiro atoms. The molecule has 0 aromatic carbocycles. The minimum atomic E-state index is 0.475. The van der Waals surface area contributed by atoms with Crippen LogP contribution in [0.25, 0.3) is 0 Å². The topological polar surface area (TPSA) is 47.0 Å². The number of hydrogen-bond donors (Lipinski definition) is 1. The molecule has 0 atom stereocenters. The molecule has 0 saturated heterocycles. The largest absolute Gasteiger partial charge is 0.478 e. The summed E-state index contributed by atoms with van der Waals surface area (Å²) in [4.78, 5) is 8.26. The van der Waals surface area contributed by atoms with Gasteiger partial charge in [0.05, 0.1) is 6.61 Å². The van der Waals surface area contributed by atoms with Crippen molar-refractivity contribution in [3.63, 3.8) is 0 Å². The van der Waals surface area contributed by atoms with Crippen molar-refractivity contribution in [1.29, 1.82) is 0 Å². The standard InChI is InChI=1S/C17H23N3O/c1-14(2)20-13-16-7-10-19-17(12-16)21-11-3-4-15-5-8-18-9-6-15/h5-10,12,14,20H,3-4,11,13H2,1-2H3. The van der Waals surface area contributed by atoms with E-state index in [1.54, 1.807) is 6.20 Å². The summed E-state index contributed by atoms with van der Waals surface area (Å²) in [7, 11) is 0. The van der Waals surface area contributed by atoms with E-state index in [0.717, 1.165) is 19.4 Å². The van der Waals surface area contributed by atoms with Gasteiger partial charge in [-0.3, -0.25) is 4.98 Å². The van der Waals surface area contributed by atoms with Crippen molar-refractivity contribution in [1.82, 2.24) is 15.3 Å². The molecule has 0 fully saturated rings. The maximum Gasteiger partial charge on any atom is 0.213 e. The van der Waals surface area contributed by atoms with Gasteiger partial charge in [0.15, 0.2) is 0 Å². The monoisotopic (exact) mass is 285 g/mol. The fourth-order valence-electron chi connectivity index (χ4n) is 1.96. The zero-order chi connectivity index (χ0) is 14.9. The lowest BCUT2D eigenvalue weighted by atomic mass is 10.1. The van der Waals surface area contributed by atoms with Gasteiger partial charge >= 0.3 is 0 Å². The zero-order valence-electron chi connectivity index (χ0n) is 12.7. The molecule has 0 aliphatic rings. The number of nitrogens with one attached hydrogen (secondary N) is 1. The lowest BCUT2D eigenvalue weighted by Crippen LogP contribution is -2.21. The van der Waals surface area contributed by atoms with Gasteiger partial charge < -0.3 is 10.1 Å². The summed E-state index contributed by atoms with van der Waals surface area (Å²) in [6, 6.07) is 8.57. The Morgan fingerprint density at radius 3 is 2.62 bits per heavy atom. The summed E-state index contributed by atoms with van der Waals surface area (Å²) in [5.74, 6) is 0.702. The first kappa shape index (κ1) is 15.4. The first-order valence-corrected chi connectivity index (χ1v) is 7.44. The number of aromatic nitrogens is 2. The Labute approximate surface area is 126 Å². The van der Waals surface area contributed by atoms with Gasteiger partial charge in [-0.15, -0.1) is 0 Å². The summed E-state index contributed by atoms with van der Waals surface area (Å²) < 4.78 is 5.72. The van der Waals surface area contributed by atoms with Crippen molar-refractivity contribution in [2.24, 2.45) is 0 Å². The average molecular weight is 285 g/mol. The van der Waals surface area contributed by atoms with Gasteiger partial charge in [0.1, 0.15) is 0 Å². The van der Waals surface area contributed by atoms with Gasteiger partial charge in [0, 0.05) is 37.2 Å². The van der Waals surface area contributed by atoms with E-state index < -0.39 is 0 Å². The zero-order valence-corrected chi connectivity index (χ0v) is 12.7. The van der Waals surface area contributed by atoms with E-state index in [0.29, 0.717) is 18.5 Å². The Bertz CT molecular complexity index is 529. The summed E-state index contributed by atoms with van der Waals surface area (Å²) in [6.45, 7) is 5.79. The lowest BCUT2D eigenvalue weighted by Gasteiger charge is -2.10. The second-order valence-electron chi connectivity index (χ2n) is 5.35. The van der Waals surface area contributed by atoms with Crippen LogP contribution < -0.4 is 10.1 Å². The van der Waals surface area contributed by atoms with E-state index in [1.807, 2.05) is 36.7 Å². The number of pyridine rings is 2. The maximum absolute atomic E-state index is 5.72. The Hall–Kier alpha value is -1.94. The van der Waals surface area contributed by atoms with E-state index in [9.17, 15) is 0 Å². The molecule has 0 bridgehead atoms. The van der Waals surface area contributed by atoms with E-state index in [-0.39, 0.29) is 0 Å². The van der Waals surface area contributed by atoms with Gasteiger partial charge in [-0.1, -0.05) is 13.8 Å². The first-order valence-electron chi connectivity index (χ1n) is 7.44. The van der Waals surface area contributed by atoms with Crippen LogP contribution in [-0.2, 0) is 13.0 Å². The molecular weight excluding hydrogens is 262 g/mol. The molecule has 2 aromatic heterocycles. The molecule has 4 heteroatoms. The molecule has 0 radical (unpaired) electrons. The van der Waals surface area contributed by atoms with Crippen LogP contribution in [0.4, 0.5) is 0 Å². The van der Waals surface area contributed by atoms with E-state index >= 15 is 0 Å². The second kappa shape index (κ2) is 8.37. The molecule has 112 valence electrons. The summed E-state index contributed by atoms with van der Waals surface area (Å²) in [5.41, 5.74) is 2.49. The molecular formula is C17H23N3O. The van der Waals surface area contributed by atoms with Crippen molar-refractivity contribution < 1.29 is 4.74 Å². The van der Waals surface area contributed by atoms with Gasteiger partial charge in [-0.05, 0) is 42.2 Å². The number of rotatable bonds is 8. The van der Waals surface area contributed by atoms with Crippen molar-refractivity contribution in [3.8, 4) is 5.88 Å². The van der Waals surface area contributed by atoms with E-state index in [2.05, 4.69) is 29.1 Å². The third-order valence-electron chi connectivity index (χ3n) is 3.12. The molecule has 1 N–H and O–H groups in total. The van der Waals surface area contributed by atoms with E-state index in [1.165, 1.54) is 11.1 Å². The molecule has 0 saturated carbocycles. The van der Waals surface area contributed by atoms with Gasteiger partial charge in [-0.2, -0.15) is 0 Å². The number of ether oxygens (including phenoxy) is 1. The Morgan fingerprint density at radius 1 is 1.10 bits per heavy atom. The maximum atomic E-state index is 5.72. The van der Waals surface area contributed by atoms with E-state index in [4.69, 9.17) is 4.74 Å². The average Bonchev–Trinajstić information content (AvgIpc) is 2.51. The summed E-state index contributed by atoms with van der Waals surface area (Å²) in [5, 5.41) is 3.39. The third-order valence-corrected chi connectivity index (χ3v) is 3.12. The van der Waals surface area contributed by atoms with Gasteiger partial charge in [0.25, 0.3) is 0 Å². The first-order chi connectivity index (χ1) is 10.2. The molecule has 2 rings (SSSR count). The Kier molecular flexibility index (Phi) is 6.16. The molecule has 0 aliphatic heterocycles. The van der Waals surface area contributed by atoms with Gasteiger partial charge in [0.2, 0.25) is 5.88 Å². The number of aryl methyl sites for hydroxylation is 1. The van der Waals surface area contributed by atoms with Crippen LogP contribution in [-0.4, -0.2) is 22.6 Å². The van der Waals surface area contributed by atoms with Crippen molar-refractivity contribution in [3.05, 3.63) is 54.0 Å². The SMILES string of the molecule is CC(C)NCc1ccnc(OCCCc2ccncc2)c1. The molecule has 2 heterocycles. The highest BCUT2D eigenvalue weighted by molar-refractivity contribution is 5.20. The van der Waals surface area contributed by atoms with Crippen LogP contribution in [0.15, 0.2) is 42.9 Å². The van der Waals surface area contributed by atoms with Crippen LogP contribution in [0.3, 0.4) is 0 Å². The molecule has 0 aliphatic carbocycles. The fourth-order valence-corrected chi connectivity index (χ4v) is 1.96. The molecule has 2 aromatic rings. The minimum absolute atomic E-state index is 0.475. The fraction of sp³-hybridized carbons (Fsp3) is 0.412. The van der Waals surface area contributed by atoms with Crippen molar-refractivity contribution >= 4 is 0 Å². The Balaban J connectivity index is 1.74. The molecule has 21 heavy (non-hydrogen) atoms.